The Bertz CT molecular complexity index is 416. The molecule has 2 rings (SSSR count). The molecule has 0 aliphatic carbocycles. The first kappa shape index (κ1) is 9.65. The van der Waals surface area contributed by atoms with Crippen LogP contribution in [0.25, 0.3) is 0 Å². The fourth-order valence-corrected chi connectivity index (χ4v) is 2.12. The van der Waals surface area contributed by atoms with Crippen LogP contribution < -0.4 is 0 Å². The summed E-state index contributed by atoms with van der Waals surface area (Å²) in [5.74, 6) is 0. The van der Waals surface area contributed by atoms with Crippen molar-refractivity contribution >= 4 is 22.9 Å². The summed E-state index contributed by atoms with van der Waals surface area (Å²) in [6, 6.07) is 7.23. The van der Waals surface area contributed by atoms with Gasteiger partial charge in [0.25, 0.3) is 0 Å². The minimum absolute atomic E-state index is 0.401. The molecule has 0 saturated carbocycles. The Morgan fingerprint density at radius 2 is 2.29 bits per heavy atom. The first-order valence-corrected chi connectivity index (χ1v) is 5.36. The molecule has 72 valence electrons. The number of hydrogen-bond donors (Lipinski definition) is 1. The quantitative estimate of drug-likeness (QED) is 0.798. The number of aromatic nitrogens is 1. The first-order valence-electron chi connectivity index (χ1n) is 4.10. The monoisotopic (exact) mass is 225 g/mol. The van der Waals surface area contributed by atoms with E-state index in [0.29, 0.717) is 5.15 Å². The van der Waals surface area contributed by atoms with Crippen LogP contribution in [-0.4, -0.2) is 10.1 Å². The van der Waals surface area contributed by atoms with Gasteiger partial charge in [-0.2, -0.15) is 0 Å². The van der Waals surface area contributed by atoms with Gasteiger partial charge in [0.2, 0.25) is 0 Å². The van der Waals surface area contributed by atoms with E-state index in [2.05, 4.69) is 4.98 Å². The van der Waals surface area contributed by atoms with Gasteiger partial charge in [0.05, 0.1) is 0 Å². The highest BCUT2D eigenvalue weighted by molar-refractivity contribution is 7.10. The molecule has 14 heavy (non-hydrogen) atoms. The Kier molecular flexibility index (Phi) is 2.82. The van der Waals surface area contributed by atoms with Crippen molar-refractivity contribution in [2.24, 2.45) is 0 Å². The molecule has 2 aromatic heterocycles. The molecule has 4 heteroatoms. The van der Waals surface area contributed by atoms with Crippen LogP contribution >= 0.6 is 22.9 Å². The van der Waals surface area contributed by atoms with Crippen LogP contribution in [0.3, 0.4) is 0 Å². The summed E-state index contributed by atoms with van der Waals surface area (Å²) in [7, 11) is 0. The van der Waals surface area contributed by atoms with Crippen molar-refractivity contribution in [2.45, 2.75) is 6.10 Å². The smallest absolute Gasteiger partial charge is 0.129 e. The van der Waals surface area contributed by atoms with E-state index in [4.69, 9.17) is 11.6 Å². The average Bonchev–Trinajstić information content (AvgIpc) is 2.69. The second-order valence-corrected chi connectivity index (χ2v) is 4.20. The van der Waals surface area contributed by atoms with E-state index in [-0.39, 0.29) is 0 Å². The Hall–Kier alpha value is -0.900. The molecule has 0 fully saturated rings. The van der Waals surface area contributed by atoms with Gasteiger partial charge in [-0.05, 0) is 29.1 Å². The molecule has 2 heterocycles. The lowest BCUT2D eigenvalue weighted by Gasteiger charge is -2.08. The molecule has 2 nitrogen and oxygen atoms in total. The number of hydrogen-bond acceptors (Lipinski definition) is 3. The summed E-state index contributed by atoms with van der Waals surface area (Å²) in [5, 5.41) is 12.3. The summed E-state index contributed by atoms with van der Waals surface area (Å²) >= 11 is 7.25. The molecule has 0 aromatic carbocycles. The summed E-state index contributed by atoms with van der Waals surface area (Å²) < 4.78 is 0. The molecular weight excluding hydrogens is 218 g/mol. The Balaban J connectivity index is 2.32. The third kappa shape index (κ3) is 1.95. The summed E-state index contributed by atoms with van der Waals surface area (Å²) in [6.45, 7) is 0. The standard InChI is InChI=1S/C10H8ClNOS/c11-9-6-7(3-4-12-9)10(13)8-2-1-5-14-8/h1-6,10,13H. The van der Waals surface area contributed by atoms with Gasteiger partial charge < -0.3 is 5.11 Å². The lowest BCUT2D eigenvalue weighted by atomic mass is 10.1. The van der Waals surface area contributed by atoms with Crippen LogP contribution in [-0.2, 0) is 0 Å². The SMILES string of the molecule is OC(c1ccnc(Cl)c1)c1cccs1. The Morgan fingerprint density at radius 3 is 2.93 bits per heavy atom. The van der Waals surface area contributed by atoms with Crippen molar-refractivity contribution in [2.75, 3.05) is 0 Å². The maximum absolute atomic E-state index is 9.93. The molecule has 0 bridgehead atoms. The minimum atomic E-state index is -0.601. The maximum atomic E-state index is 9.93. The highest BCUT2D eigenvalue weighted by atomic mass is 35.5. The van der Waals surface area contributed by atoms with Gasteiger partial charge in [0, 0.05) is 11.1 Å². The molecule has 0 saturated heterocycles. The Morgan fingerprint density at radius 1 is 1.43 bits per heavy atom. The third-order valence-corrected chi connectivity index (χ3v) is 3.01. The highest BCUT2D eigenvalue weighted by Crippen LogP contribution is 2.26. The molecule has 1 unspecified atom stereocenters. The number of aliphatic hydroxyl groups excluding tert-OH is 1. The van der Waals surface area contributed by atoms with Crippen LogP contribution in [0.15, 0.2) is 35.8 Å². The van der Waals surface area contributed by atoms with Crippen molar-refractivity contribution in [1.82, 2.24) is 4.98 Å². The molecule has 0 aliphatic rings. The van der Waals surface area contributed by atoms with E-state index in [0.717, 1.165) is 10.4 Å². The van der Waals surface area contributed by atoms with Gasteiger partial charge >= 0.3 is 0 Å². The second kappa shape index (κ2) is 4.09. The van der Waals surface area contributed by atoms with Gasteiger partial charge in [0.1, 0.15) is 11.3 Å². The first-order chi connectivity index (χ1) is 6.77. The topological polar surface area (TPSA) is 33.1 Å². The highest BCUT2D eigenvalue weighted by Gasteiger charge is 2.11. The van der Waals surface area contributed by atoms with Crippen LogP contribution in [0.5, 0.6) is 0 Å². The van der Waals surface area contributed by atoms with Gasteiger partial charge in [-0.1, -0.05) is 17.7 Å². The number of nitrogens with zero attached hydrogens (tertiary/aromatic N) is 1. The molecule has 1 atom stereocenters. The molecule has 0 aliphatic heterocycles. The predicted octanol–water partition coefficient (Wildman–Crippen LogP) is 2.88. The van der Waals surface area contributed by atoms with Gasteiger partial charge in [-0.15, -0.1) is 11.3 Å². The van der Waals surface area contributed by atoms with Crippen molar-refractivity contribution in [1.29, 1.82) is 0 Å². The van der Waals surface area contributed by atoms with Crippen LogP contribution in [0.1, 0.15) is 16.5 Å². The second-order valence-electron chi connectivity index (χ2n) is 2.83. The van der Waals surface area contributed by atoms with E-state index in [1.54, 1.807) is 18.3 Å². The van der Waals surface area contributed by atoms with Crippen molar-refractivity contribution in [3.05, 3.63) is 51.4 Å². The van der Waals surface area contributed by atoms with Crippen LogP contribution in [0.2, 0.25) is 5.15 Å². The third-order valence-electron chi connectivity index (χ3n) is 1.88. The van der Waals surface area contributed by atoms with E-state index < -0.39 is 6.10 Å². The van der Waals surface area contributed by atoms with Crippen LogP contribution in [0, 0.1) is 0 Å². The molecule has 0 amide bonds. The minimum Gasteiger partial charge on any atom is -0.383 e. The van der Waals surface area contributed by atoms with Crippen molar-refractivity contribution in [3.63, 3.8) is 0 Å². The molecule has 0 spiro atoms. The number of halogens is 1. The molecular formula is C10H8ClNOS. The van der Waals surface area contributed by atoms with Gasteiger partial charge in [0.15, 0.2) is 0 Å². The lowest BCUT2D eigenvalue weighted by molar-refractivity contribution is 0.224. The maximum Gasteiger partial charge on any atom is 0.129 e. The molecule has 2 aromatic rings. The largest absolute Gasteiger partial charge is 0.383 e. The van der Waals surface area contributed by atoms with Gasteiger partial charge in [-0.3, -0.25) is 0 Å². The van der Waals surface area contributed by atoms with E-state index in [1.165, 1.54) is 11.3 Å². The number of rotatable bonds is 2. The molecule has 0 radical (unpaired) electrons. The Labute approximate surface area is 90.8 Å². The summed E-state index contributed by atoms with van der Waals surface area (Å²) in [5.41, 5.74) is 0.771. The lowest BCUT2D eigenvalue weighted by Crippen LogP contribution is -1.96. The van der Waals surface area contributed by atoms with E-state index in [9.17, 15) is 5.11 Å². The zero-order chi connectivity index (χ0) is 9.97. The van der Waals surface area contributed by atoms with Gasteiger partial charge in [-0.25, -0.2) is 4.98 Å². The zero-order valence-corrected chi connectivity index (χ0v) is 8.79. The van der Waals surface area contributed by atoms with E-state index in [1.807, 2.05) is 17.5 Å². The fourth-order valence-electron chi connectivity index (χ4n) is 1.20. The summed E-state index contributed by atoms with van der Waals surface area (Å²) in [6.07, 6.45) is 0.990. The number of pyridine rings is 1. The number of aliphatic hydroxyl groups is 1. The van der Waals surface area contributed by atoms with Crippen molar-refractivity contribution in [3.8, 4) is 0 Å². The molecule has 1 N–H and O–H groups in total. The average molecular weight is 226 g/mol. The van der Waals surface area contributed by atoms with Crippen molar-refractivity contribution < 1.29 is 5.11 Å². The summed E-state index contributed by atoms with van der Waals surface area (Å²) in [4.78, 5) is 4.77. The van der Waals surface area contributed by atoms with Crippen LogP contribution in [0.4, 0.5) is 0 Å². The normalized spacial score (nSPS) is 12.7. The predicted molar refractivity (Wildman–Crippen MR) is 57.6 cm³/mol. The van der Waals surface area contributed by atoms with E-state index >= 15 is 0 Å². The zero-order valence-electron chi connectivity index (χ0n) is 7.22. The number of thiophene rings is 1. The fraction of sp³-hybridized carbons (Fsp3) is 0.100.